The molecule has 46 heavy (non-hydrogen) atoms. The van der Waals surface area contributed by atoms with E-state index < -0.39 is 0 Å². The lowest BCUT2D eigenvalue weighted by Crippen LogP contribution is -1.94. The second-order valence-electron chi connectivity index (χ2n) is 11.7. The third-order valence-electron chi connectivity index (χ3n) is 9.17. The normalized spacial score (nSPS) is 11.5. The Hall–Kier alpha value is -6.37. The number of para-hydroxylation sites is 2. The van der Waals surface area contributed by atoms with Crippen molar-refractivity contribution in [1.29, 1.82) is 5.26 Å². The van der Waals surface area contributed by atoms with Crippen LogP contribution in [0.4, 0.5) is 0 Å². The van der Waals surface area contributed by atoms with E-state index in [1.165, 1.54) is 32.9 Å². The predicted molar refractivity (Wildman–Crippen MR) is 191 cm³/mol. The van der Waals surface area contributed by atoms with Gasteiger partial charge in [0.2, 0.25) is 0 Å². The first-order valence-corrected chi connectivity index (χ1v) is 15.5. The number of aromatic nitrogens is 2. The number of fused-ring (bicyclic) bond motifs is 6. The van der Waals surface area contributed by atoms with Gasteiger partial charge in [-0.05, 0) is 89.0 Å². The lowest BCUT2D eigenvalue weighted by Gasteiger charge is -2.11. The fourth-order valence-electron chi connectivity index (χ4n) is 6.99. The Morgan fingerprint density at radius 2 is 0.783 bits per heavy atom. The molecule has 0 aliphatic rings. The number of hydrogen-bond acceptors (Lipinski definition) is 1. The molecule has 7 aromatic carbocycles. The van der Waals surface area contributed by atoms with Gasteiger partial charge in [-0.15, -0.1) is 0 Å². The van der Waals surface area contributed by atoms with Gasteiger partial charge in [0.15, 0.2) is 0 Å². The van der Waals surface area contributed by atoms with Crippen molar-refractivity contribution < 1.29 is 0 Å². The van der Waals surface area contributed by atoms with Crippen LogP contribution in [0.25, 0.3) is 77.2 Å². The molecule has 3 nitrogen and oxygen atoms in total. The molecule has 0 fully saturated rings. The Bertz CT molecular complexity index is 2560. The first-order valence-electron chi connectivity index (χ1n) is 15.5. The standard InChI is InChI=1S/C43H27N3/c44-28-29-14-24-42-38(26-29)39-27-33(19-25-43(39)46(42)35-20-15-31(16-21-35)30-8-2-1-3-9-30)32-17-22-34(23-18-32)45-40-12-6-4-10-36(40)37-11-5-7-13-41(37)45/h1-27H. The Labute approximate surface area is 266 Å². The molecule has 0 saturated heterocycles. The van der Waals surface area contributed by atoms with Crippen LogP contribution in [0.2, 0.25) is 0 Å². The quantitative estimate of drug-likeness (QED) is 0.202. The number of benzene rings is 7. The number of rotatable bonds is 4. The van der Waals surface area contributed by atoms with Gasteiger partial charge in [-0.25, -0.2) is 0 Å². The molecule has 0 unspecified atom stereocenters. The van der Waals surface area contributed by atoms with Crippen LogP contribution in [0.15, 0.2) is 164 Å². The van der Waals surface area contributed by atoms with Crippen LogP contribution in [-0.2, 0) is 0 Å². The first kappa shape index (κ1) is 26.1. The second-order valence-corrected chi connectivity index (χ2v) is 11.7. The summed E-state index contributed by atoms with van der Waals surface area (Å²) in [5.74, 6) is 0. The van der Waals surface area contributed by atoms with E-state index in [4.69, 9.17) is 0 Å². The summed E-state index contributed by atoms with van der Waals surface area (Å²) in [5.41, 5.74) is 12.2. The molecule has 2 heterocycles. The lowest BCUT2D eigenvalue weighted by atomic mass is 10.0. The summed E-state index contributed by atoms with van der Waals surface area (Å²) in [5, 5.41) is 14.5. The fraction of sp³-hybridized carbons (Fsp3) is 0. The van der Waals surface area contributed by atoms with Gasteiger partial charge in [0.1, 0.15) is 0 Å². The van der Waals surface area contributed by atoms with Gasteiger partial charge in [-0.2, -0.15) is 5.26 Å². The van der Waals surface area contributed by atoms with Crippen molar-refractivity contribution in [2.75, 3.05) is 0 Å². The summed E-state index contributed by atoms with van der Waals surface area (Å²) in [6.45, 7) is 0. The lowest BCUT2D eigenvalue weighted by molar-refractivity contribution is 1.18. The van der Waals surface area contributed by atoms with Crippen molar-refractivity contribution >= 4 is 43.6 Å². The van der Waals surface area contributed by atoms with Crippen LogP contribution >= 0.6 is 0 Å². The summed E-state index contributed by atoms with van der Waals surface area (Å²) in [6, 6.07) is 60.2. The summed E-state index contributed by atoms with van der Waals surface area (Å²) in [4.78, 5) is 0. The third-order valence-corrected chi connectivity index (χ3v) is 9.17. The first-order chi connectivity index (χ1) is 22.8. The maximum absolute atomic E-state index is 9.74. The van der Waals surface area contributed by atoms with E-state index in [1.807, 2.05) is 18.2 Å². The highest BCUT2D eigenvalue weighted by molar-refractivity contribution is 6.11. The molecular formula is C43H27N3. The summed E-state index contributed by atoms with van der Waals surface area (Å²) in [6.07, 6.45) is 0. The molecule has 9 rings (SSSR count). The second kappa shape index (κ2) is 10.4. The monoisotopic (exact) mass is 585 g/mol. The van der Waals surface area contributed by atoms with Gasteiger partial charge in [0.25, 0.3) is 0 Å². The predicted octanol–water partition coefficient (Wildman–Crippen LogP) is 11.1. The van der Waals surface area contributed by atoms with Gasteiger partial charge in [-0.3, -0.25) is 0 Å². The largest absolute Gasteiger partial charge is 0.309 e. The molecule has 0 bridgehead atoms. The van der Waals surface area contributed by atoms with Crippen molar-refractivity contribution in [2.45, 2.75) is 0 Å². The molecule has 2 aromatic heterocycles. The van der Waals surface area contributed by atoms with Crippen molar-refractivity contribution in [3.8, 4) is 39.7 Å². The van der Waals surface area contributed by atoms with Crippen LogP contribution in [0, 0.1) is 11.3 Å². The third kappa shape index (κ3) is 4.05. The topological polar surface area (TPSA) is 33.6 Å². The number of hydrogen-bond donors (Lipinski definition) is 0. The number of nitrogens with zero attached hydrogens (tertiary/aromatic N) is 3. The Balaban J connectivity index is 1.16. The molecule has 3 heteroatoms. The molecule has 0 saturated carbocycles. The van der Waals surface area contributed by atoms with Gasteiger partial charge in [0, 0.05) is 32.9 Å². The highest BCUT2D eigenvalue weighted by Gasteiger charge is 2.15. The van der Waals surface area contributed by atoms with Crippen LogP contribution in [0.3, 0.4) is 0 Å². The van der Waals surface area contributed by atoms with E-state index in [0.717, 1.165) is 44.3 Å². The maximum atomic E-state index is 9.74. The molecule has 0 spiro atoms. The summed E-state index contributed by atoms with van der Waals surface area (Å²) >= 11 is 0. The van der Waals surface area contributed by atoms with Crippen molar-refractivity contribution in [3.63, 3.8) is 0 Å². The fourth-order valence-corrected chi connectivity index (χ4v) is 6.99. The van der Waals surface area contributed by atoms with E-state index in [2.05, 4.69) is 161 Å². The van der Waals surface area contributed by atoms with Gasteiger partial charge >= 0.3 is 0 Å². The molecule has 9 aromatic rings. The van der Waals surface area contributed by atoms with Crippen LogP contribution < -0.4 is 0 Å². The summed E-state index contributed by atoms with van der Waals surface area (Å²) < 4.78 is 4.65. The minimum absolute atomic E-state index is 0.659. The number of nitriles is 1. The molecule has 0 N–H and O–H groups in total. The Kier molecular flexibility index (Phi) is 5.88. The highest BCUT2D eigenvalue weighted by atomic mass is 15.0. The molecule has 0 aliphatic heterocycles. The zero-order valence-corrected chi connectivity index (χ0v) is 24.9. The van der Waals surface area contributed by atoms with E-state index in [1.54, 1.807) is 0 Å². The minimum Gasteiger partial charge on any atom is -0.309 e. The van der Waals surface area contributed by atoms with E-state index >= 15 is 0 Å². The Morgan fingerprint density at radius 3 is 1.37 bits per heavy atom. The van der Waals surface area contributed by atoms with Crippen molar-refractivity contribution in [3.05, 3.63) is 169 Å². The average Bonchev–Trinajstić information content (AvgIpc) is 3.64. The van der Waals surface area contributed by atoms with Crippen LogP contribution in [0.1, 0.15) is 5.56 Å². The van der Waals surface area contributed by atoms with E-state index in [-0.39, 0.29) is 0 Å². The van der Waals surface area contributed by atoms with Crippen LogP contribution in [0.5, 0.6) is 0 Å². The average molecular weight is 586 g/mol. The molecule has 214 valence electrons. The van der Waals surface area contributed by atoms with E-state index in [9.17, 15) is 5.26 Å². The SMILES string of the molecule is N#Cc1ccc2c(c1)c1cc(-c3ccc(-n4c5ccccc5c5ccccc54)cc3)ccc1n2-c1ccc(-c2ccccc2)cc1. The molecule has 0 aliphatic carbocycles. The summed E-state index contributed by atoms with van der Waals surface area (Å²) in [7, 11) is 0. The maximum Gasteiger partial charge on any atom is 0.0991 e. The van der Waals surface area contributed by atoms with Crippen molar-refractivity contribution in [2.24, 2.45) is 0 Å². The van der Waals surface area contributed by atoms with Gasteiger partial charge in [-0.1, -0.05) is 97.1 Å². The molecule has 0 amide bonds. The molecular weight excluding hydrogens is 558 g/mol. The highest BCUT2D eigenvalue weighted by Crippen LogP contribution is 2.37. The van der Waals surface area contributed by atoms with Crippen LogP contribution in [-0.4, -0.2) is 9.13 Å². The molecule has 0 atom stereocenters. The minimum atomic E-state index is 0.659. The zero-order chi connectivity index (χ0) is 30.6. The van der Waals surface area contributed by atoms with Crippen molar-refractivity contribution in [1.82, 2.24) is 9.13 Å². The Morgan fingerprint density at radius 1 is 0.348 bits per heavy atom. The van der Waals surface area contributed by atoms with Gasteiger partial charge in [0.05, 0.1) is 33.7 Å². The molecule has 0 radical (unpaired) electrons. The van der Waals surface area contributed by atoms with E-state index in [0.29, 0.717) is 5.56 Å². The smallest absolute Gasteiger partial charge is 0.0991 e. The van der Waals surface area contributed by atoms with Gasteiger partial charge < -0.3 is 9.13 Å². The zero-order valence-electron chi connectivity index (χ0n) is 24.9.